The van der Waals surface area contributed by atoms with Crippen LogP contribution in [0.1, 0.15) is 39.0 Å². The molecular formula is C26H31N3O4S. The second kappa shape index (κ2) is 7.90. The molecule has 1 aromatic carbocycles. The first kappa shape index (κ1) is 21.8. The third kappa shape index (κ3) is 3.63. The van der Waals surface area contributed by atoms with E-state index in [0.717, 1.165) is 34.1 Å². The summed E-state index contributed by atoms with van der Waals surface area (Å²) < 4.78 is 35.6. The number of nitrogens with zero attached hydrogens (tertiary/aromatic N) is 1. The van der Waals surface area contributed by atoms with Gasteiger partial charge in [0.1, 0.15) is 17.4 Å². The highest BCUT2D eigenvalue weighted by Gasteiger charge is 2.49. The minimum absolute atomic E-state index is 0.00372. The molecular weight excluding hydrogens is 450 g/mol. The van der Waals surface area contributed by atoms with E-state index >= 15 is 0 Å². The van der Waals surface area contributed by atoms with Crippen molar-refractivity contribution < 1.29 is 13.2 Å². The van der Waals surface area contributed by atoms with Gasteiger partial charge in [-0.05, 0) is 87.0 Å². The van der Waals surface area contributed by atoms with Gasteiger partial charge >= 0.3 is 0 Å². The Hall–Kier alpha value is -2.74. The zero-order valence-electron chi connectivity index (χ0n) is 19.6. The van der Waals surface area contributed by atoms with Crippen LogP contribution in [0.4, 0.5) is 5.69 Å². The van der Waals surface area contributed by atoms with Gasteiger partial charge in [-0.2, -0.15) is 0 Å². The van der Waals surface area contributed by atoms with Crippen molar-refractivity contribution in [1.29, 1.82) is 0 Å². The van der Waals surface area contributed by atoms with Gasteiger partial charge in [0.05, 0.1) is 5.75 Å². The lowest BCUT2D eigenvalue weighted by Gasteiger charge is -2.53. The van der Waals surface area contributed by atoms with Crippen LogP contribution in [0.3, 0.4) is 0 Å². The van der Waals surface area contributed by atoms with E-state index in [1.165, 1.54) is 32.1 Å². The Morgan fingerprint density at radius 1 is 1.06 bits per heavy atom. The summed E-state index contributed by atoms with van der Waals surface area (Å²) in [6.07, 6.45) is 10.2. The fourth-order valence-electron chi connectivity index (χ4n) is 6.86. The van der Waals surface area contributed by atoms with Gasteiger partial charge in [-0.25, -0.2) is 8.42 Å². The summed E-state index contributed by atoms with van der Waals surface area (Å²) in [7, 11) is -1.69. The molecule has 180 valence electrons. The van der Waals surface area contributed by atoms with Crippen molar-refractivity contribution in [3.63, 3.8) is 0 Å². The Kier molecular flexibility index (Phi) is 5.06. The number of aryl methyl sites for hydroxylation is 1. The van der Waals surface area contributed by atoms with Crippen molar-refractivity contribution in [3.8, 4) is 16.9 Å². The largest absolute Gasteiger partial charge is 0.489 e. The molecule has 7 rings (SSSR count). The number of H-pyrrole nitrogens is 1. The maximum Gasteiger partial charge on any atom is 0.274 e. The number of pyridine rings is 1. The maximum atomic E-state index is 12.6. The van der Waals surface area contributed by atoms with E-state index in [1.807, 2.05) is 24.4 Å². The molecule has 2 aromatic heterocycles. The van der Waals surface area contributed by atoms with Crippen LogP contribution in [0.25, 0.3) is 22.0 Å². The Labute approximate surface area is 199 Å². The second-order valence-corrected chi connectivity index (χ2v) is 12.5. The fraction of sp³-hybridized carbons (Fsp3) is 0.500. The van der Waals surface area contributed by atoms with Crippen molar-refractivity contribution in [2.45, 2.75) is 45.1 Å². The first-order chi connectivity index (χ1) is 16.3. The van der Waals surface area contributed by atoms with Gasteiger partial charge in [-0.3, -0.25) is 9.52 Å². The van der Waals surface area contributed by atoms with Gasteiger partial charge in [0.25, 0.3) is 5.56 Å². The van der Waals surface area contributed by atoms with Crippen LogP contribution in [0.2, 0.25) is 0 Å². The van der Waals surface area contributed by atoms with E-state index in [2.05, 4.69) is 9.71 Å². The van der Waals surface area contributed by atoms with Crippen molar-refractivity contribution in [2.24, 2.45) is 30.7 Å². The first-order valence-electron chi connectivity index (χ1n) is 12.3. The van der Waals surface area contributed by atoms with Gasteiger partial charge in [0, 0.05) is 41.6 Å². The van der Waals surface area contributed by atoms with Crippen molar-refractivity contribution in [3.05, 3.63) is 47.0 Å². The third-order valence-electron chi connectivity index (χ3n) is 8.22. The highest BCUT2D eigenvalue weighted by molar-refractivity contribution is 7.92. The normalized spacial score (nSPS) is 27.9. The standard InChI is InChI=1S/C26H31N3O4S/c1-3-34(31,32)28-19-4-5-23(33-25-17-9-15-8-16(11-17)12-18(25)10-15)21(13-19)22-14-29(2)26(30)24-20(22)6-7-27-24/h4-7,13-18,25,27-28H,3,8-12H2,1-2H3. The number of benzene rings is 1. The van der Waals surface area contributed by atoms with Crippen LogP contribution in [-0.2, 0) is 17.1 Å². The summed E-state index contributed by atoms with van der Waals surface area (Å²) in [5, 5.41) is 0.800. The number of nitrogens with one attached hydrogen (secondary N) is 2. The summed E-state index contributed by atoms with van der Waals surface area (Å²) in [6, 6.07) is 7.39. The number of rotatable bonds is 6. The number of hydrogen-bond acceptors (Lipinski definition) is 4. The molecule has 0 aliphatic heterocycles. The van der Waals surface area contributed by atoms with E-state index in [-0.39, 0.29) is 17.4 Å². The average Bonchev–Trinajstić information content (AvgIpc) is 3.29. The summed E-state index contributed by atoms with van der Waals surface area (Å²) in [5.74, 6) is 3.64. The zero-order chi connectivity index (χ0) is 23.6. The summed E-state index contributed by atoms with van der Waals surface area (Å²) in [6.45, 7) is 1.61. The number of ether oxygens (including phenoxy) is 1. The van der Waals surface area contributed by atoms with E-state index in [4.69, 9.17) is 4.74 Å². The predicted molar refractivity (Wildman–Crippen MR) is 134 cm³/mol. The molecule has 0 radical (unpaired) electrons. The molecule has 0 unspecified atom stereocenters. The number of fused-ring (bicyclic) bond motifs is 1. The maximum absolute atomic E-state index is 12.6. The fourth-order valence-corrected chi connectivity index (χ4v) is 7.49. The molecule has 0 saturated heterocycles. The minimum Gasteiger partial charge on any atom is -0.489 e. The number of anilines is 1. The Bertz CT molecular complexity index is 1390. The molecule has 4 bridgehead atoms. The Morgan fingerprint density at radius 2 is 1.76 bits per heavy atom. The smallest absolute Gasteiger partial charge is 0.274 e. The van der Waals surface area contributed by atoms with Crippen LogP contribution < -0.4 is 15.0 Å². The Morgan fingerprint density at radius 3 is 2.44 bits per heavy atom. The van der Waals surface area contributed by atoms with Gasteiger partial charge < -0.3 is 14.3 Å². The summed E-state index contributed by atoms with van der Waals surface area (Å²) in [4.78, 5) is 15.7. The quantitative estimate of drug-likeness (QED) is 0.542. The van der Waals surface area contributed by atoms with E-state index in [1.54, 1.807) is 30.8 Å². The minimum atomic E-state index is -3.42. The lowest BCUT2D eigenvalue weighted by atomic mass is 9.55. The van der Waals surface area contributed by atoms with Crippen LogP contribution in [0.5, 0.6) is 5.75 Å². The van der Waals surface area contributed by atoms with Gasteiger partial charge in [0.15, 0.2) is 0 Å². The van der Waals surface area contributed by atoms with Crippen molar-refractivity contribution in [1.82, 2.24) is 9.55 Å². The lowest BCUT2D eigenvalue weighted by Crippen LogP contribution is -2.50. The van der Waals surface area contributed by atoms with E-state index in [0.29, 0.717) is 23.0 Å². The molecule has 7 nitrogen and oxygen atoms in total. The number of aromatic amines is 1. The van der Waals surface area contributed by atoms with Crippen molar-refractivity contribution >= 4 is 26.6 Å². The average molecular weight is 482 g/mol. The molecule has 0 atom stereocenters. The third-order valence-corrected chi connectivity index (χ3v) is 9.53. The molecule has 8 heteroatoms. The monoisotopic (exact) mass is 481 g/mol. The Balaban J connectivity index is 1.46. The molecule has 0 spiro atoms. The van der Waals surface area contributed by atoms with Crippen molar-refractivity contribution in [2.75, 3.05) is 10.5 Å². The molecule has 4 saturated carbocycles. The molecule has 4 aliphatic rings. The van der Waals surface area contributed by atoms with Crippen LogP contribution in [0.15, 0.2) is 41.5 Å². The topological polar surface area (TPSA) is 93.2 Å². The molecule has 34 heavy (non-hydrogen) atoms. The second-order valence-electron chi connectivity index (χ2n) is 10.5. The van der Waals surface area contributed by atoms with Gasteiger partial charge in [-0.1, -0.05) is 0 Å². The first-order valence-corrected chi connectivity index (χ1v) is 13.9. The molecule has 4 aliphatic carbocycles. The highest BCUT2D eigenvalue weighted by atomic mass is 32.2. The van der Waals surface area contributed by atoms with Gasteiger partial charge in [-0.15, -0.1) is 0 Å². The van der Waals surface area contributed by atoms with Crippen LogP contribution in [-0.4, -0.2) is 29.8 Å². The lowest BCUT2D eigenvalue weighted by molar-refractivity contribution is -0.0787. The van der Waals surface area contributed by atoms with E-state index < -0.39 is 10.0 Å². The number of sulfonamides is 1. The van der Waals surface area contributed by atoms with E-state index in [9.17, 15) is 13.2 Å². The molecule has 2 heterocycles. The van der Waals surface area contributed by atoms with Crippen LogP contribution in [0, 0.1) is 23.7 Å². The number of hydrogen-bond donors (Lipinski definition) is 2. The zero-order valence-corrected chi connectivity index (χ0v) is 20.4. The summed E-state index contributed by atoms with van der Waals surface area (Å²) >= 11 is 0. The number of aromatic nitrogens is 2. The SMILES string of the molecule is CCS(=O)(=O)Nc1ccc(OC2C3CC4CC(C3)CC2C4)c(-c2cn(C)c(=O)c3[nH]ccc23)c1. The molecule has 2 N–H and O–H groups in total. The highest BCUT2D eigenvalue weighted by Crippen LogP contribution is 2.55. The molecule has 4 fully saturated rings. The molecule has 3 aromatic rings. The van der Waals surface area contributed by atoms with Crippen LogP contribution >= 0.6 is 0 Å². The predicted octanol–water partition coefficient (Wildman–Crippen LogP) is 4.50. The van der Waals surface area contributed by atoms with Gasteiger partial charge in [0.2, 0.25) is 10.0 Å². The molecule has 0 amide bonds. The summed E-state index contributed by atoms with van der Waals surface area (Å²) in [5.41, 5.74) is 2.56.